The number of benzene rings is 1. The summed E-state index contributed by atoms with van der Waals surface area (Å²) in [6.07, 6.45) is 0. The van der Waals surface area contributed by atoms with Gasteiger partial charge in [-0.15, -0.1) is 0 Å². The third kappa shape index (κ3) is 4.05. The molecule has 6 nitrogen and oxygen atoms in total. The average Bonchev–Trinajstić information content (AvgIpc) is 2.86. The predicted octanol–water partition coefficient (Wildman–Crippen LogP) is 1.07. The van der Waals surface area contributed by atoms with Crippen molar-refractivity contribution in [3.05, 3.63) is 29.0 Å². The lowest BCUT2D eigenvalue weighted by atomic mass is 10.0. The summed E-state index contributed by atoms with van der Waals surface area (Å²) in [6, 6.07) is 2.94. The zero-order chi connectivity index (χ0) is 15.4. The number of rotatable bonds is 5. The molecular formula is C13H13ClFNO5. The van der Waals surface area contributed by atoms with E-state index in [9.17, 15) is 14.0 Å². The summed E-state index contributed by atoms with van der Waals surface area (Å²) in [7, 11) is 0. The molecule has 1 saturated heterocycles. The van der Waals surface area contributed by atoms with Crippen molar-refractivity contribution in [3.8, 4) is 5.75 Å². The Hall–Kier alpha value is -1.86. The molecule has 1 aromatic rings. The summed E-state index contributed by atoms with van der Waals surface area (Å²) in [5.41, 5.74) is 0. The Kier molecular flexibility index (Phi) is 4.98. The van der Waals surface area contributed by atoms with E-state index >= 15 is 0 Å². The van der Waals surface area contributed by atoms with Crippen molar-refractivity contribution in [1.29, 1.82) is 0 Å². The van der Waals surface area contributed by atoms with Gasteiger partial charge in [-0.1, -0.05) is 11.6 Å². The van der Waals surface area contributed by atoms with E-state index in [-0.39, 0.29) is 30.6 Å². The molecule has 2 unspecified atom stereocenters. The number of hydrogen-bond acceptors (Lipinski definition) is 4. The second-order valence-corrected chi connectivity index (χ2v) is 4.93. The Bertz CT molecular complexity index is 553. The molecule has 0 saturated carbocycles. The van der Waals surface area contributed by atoms with E-state index in [1.54, 1.807) is 0 Å². The van der Waals surface area contributed by atoms with Gasteiger partial charge in [0.25, 0.3) is 5.91 Å². The molecule has 0 radical (unpaired) electrons. The van der Waals surface area contributed by atoms with E-state index in [0.717, 1.165) is 12.1 Å². The maximum Gasteiger partial charge on any atom is 0.311 e. The van der Waals surface area contributed by atoms with E-state index in [4.69, 9.17) is 26.2 Å². The lowest BCUT2D eigenvalue weighted by Gasteiger charge is -2.16. The quantitative estimate of drug-likeness (QED) is 0.848. The minimum Gasteiger partial charge on any atom is -0.482 e. The van der Waals surface area contributed by atoms with Gasteiger partial charge in [0.05, 0.1) is 24.3 Å². The first-order chi connectivity index (χ1) is 9.97. The molecule has 2 rings (SSSR count). The largest absolute Gasteiger partial charge is 0.482 e. The second-order valence-electron chi connectivity index (χ2n) is 4.52. The van der Waals surface area contributed by atoms with Crippen LogP contribution in [0.2, 0.25) is 5.02 Å². The first kappa shape index (κ1) is 15.5. The van der Waals surface area contributed by atoms with Gasteiger partial charge in [0.2, 0.25) is 0 Å². The van der Waals surface area contributed by atoms with Crippen LogP contribution in [-0.4, -0.2) is 42.8 Å². The van der Waals surface area contributed by atoms with Crippen LogP contribution in [0.25, 0.3) is 0 Å². The van der Waals surface area contributed by atoms with Crippen LogP contribution >= 0.6 is 11.6 Å². The molecule has 1 aliphatic heterocycles. The molecule has 1 heterocycles. The van der Waals surface area contributed by atoms with Gasteiger partial charge >= 0.3 is 5.97 Å². The highest BCUT2D eigenvalue weighted by molar-refractivity contribution is 6.32. The number of hydrogen-bond donors (Lipinski definition) is 2. The van der Waals surface area contributed by atoms with E-state index < -0.39 is 29.7 Å². The zero-order valence-electron chi connectivity index (χ0n) is 10.8. The SMILES string of the molecule is O=C(COc1ccc(F)cc1Cl)NC1COCC1C(=O)O. The number of carbonyl (C=O) groups excluding carboxylic acids is 1. The fourth-order valence-corrected chi connectivity index (χ4v) is 2.15. The lowest BCUT2D eigenvalue weighted by Crippen LogP contribution is -2.44. The Balaban J connectivity index is 1.86. The van der Waals surface area contributed by atoms with Crippen LogP contribution in [0.15, 0.2) is 18.2 Å². The van der Waals surface area contributed by atoms with Crippen molar-refractivity contribution in [1.82, 2.24) is 5.32 Å². The van der Waals surface area contributed by atoms with Crippen LogP contribution in [0, 0.1) is 11.7 Å². The molecular weight excluding hydrogens is 305 g/mol. The fourth-order valence-electron chi connectivity index (χ4n) is 1.92. The van der Waals surface area contributed by atoms with Crippen LogP contribution in [0.3, 0.4) is 0 Å². The van der Waals surface area contributed by atoms with Gasteiger partial charge in [-0.3, -0.25) is 9.59 Å². The number of ether oxygens (including phenoxy) is 2. The molecule has 2 N–H and O–H groups in total. The number of amides is 1. The van der Waals surface area contributed by atoms with E-state index in [2.05, 4.69) is 5.32 Å². The Morgan fingerprint density at radius 2 is 2.24 bits per heavy atom. The third-order valence-corrected chi connectivity index (χ3v) is 3.29. The van der Waals surface area contributed by atoms with E-state index in [1.165, 1.54) is 6.07 Å². The Labute approximate surface area is 124 Å². The van der Waals surface area contributed by atoms with Crippen LogP contribution in [0.5, 0.6) is 5.75 Å². The van der Waals surface area contributed by atoms with Crippen LogP contribution < -0.4 is 10.1 Å². The second kappa shape index (κ2) is 6.73. The van der Waals surface area contributed by atoms with Crippen LogP contribution in [-0.2, 0) is 14.3 Å². The number of nitrogens with one attached hydrogen (secondary N) is 1. The Morgan fingerprint density at radius 3 is 2.90 bits per heavy atom. The van der Waals surface area contributed by atoms with Gasteiger partial charge in [0, 0.05) is 0 Å². The highest BCUT2D eigenvalue weighted by atomic mass is 35.5. The molecule has 0 aromatic heterocycles. The molecule has 0 spiro atoms. The highest BCUT2D eigenvalue weighted by Crippen LogP contribution is 2.24. The molecule has 21 heavy (non-hydrogen) atoms. The van der Waals surface area contributed by atoms with Gasteiger partial charge < -0.3 is 19.9 Å². The maximum absolute atomic E-state index is 12.8. The Morgan fingerprint density at radius 1 is 1.48 bits per heavy atom. The van der Waals surface area contributed by atoms with E-state index in [1.807, 2.05) is 0 Å². The summed E-state index contributed by atoms with van der Waals surface area (Å²) in [5, 5.41) is 11.5. The smallest absolute Gasteiger partial charge is 0.311 e. The normalized spacial score (nSPS) is 21.0. The van der Waals surface area contributed by atoms with Gasteiger partial charge in [-0.05, 0) is 18.2 Å². The molecule has 2 atom stereocenters. The first-order valence-electron chi connectivity index (χ1n) is 6.15. The van der Waals surface area contributed by atoms with Crippen molar-refractivity contribution in [2.75, 3.05) is 19.8 Å². The summed E-state index contributed by atoms with van der Waals surface area (Å²) in [6.45, 7) is -0.154. The summed E-state index contributed by atoms with van der Waals surface area (Å²) >= 11 is 5.75. The lowest BCUT2D eigenvalue weighted by molar-refractivity contribution is -0.142. The fraction of sp³-hybridized carbons (Fsp3) is 0.385. The molecule has 1 fully saturated rings. The minimum absolute atomic E-state index is 0.0513. The summed E-state index contributed by atoms with van der Waals surface area (Å²) in [4.78, 5) is 22.7. The van der Waals surface area contributed by atoms with Gasteiger partial charge in [0.15, 0.2) is 6.61 Å². The molecule has 114 valence electrons. The monoisotopic (exact) mass is 317 g/mol. The number of carbonyl (C=O) groups is 2. The highest BCUT2D eigenvalue weighted by Gasteiger charge is 2.35. The molecule has 8 heteroatoms. The van der Waals surface area contributed by atoms with Crippen molar-refractivity contribution < 1.29 is 28.6 Å². The molecule has 0 aliphatic carbocycles. The first-order valence-corrected chi connectivity index (χ1v) is 6.53. The molecule has 1 aromatic carbocycles. The van der Waals surface area contributed by atoms with Crippen LogP contribution in [0.1, 0.15) is 0 Å². The maximum atomic E-state index is 12.8. The third-order valence-electron chi connectivity index (χ3n) is 3.00. The number of carboxylic acids is 1. The molecule has 1 amide bonds. The zero-order valence-corrected chi connectivity index (χ0v) is 11.6. The molecule has 1 aliphatic rings. The van der Waals surface area contributed by atoms with Crippen molar-refractivity contribution in [2.24, 2.45) is 5.92 Å². The van der Waals surface area contributed by atoms with Crippen LogP contribution in [0.4, 0.5) is 4.39 Å². The van der Waals surface area contributed by atoms with Gasteiger partial charge in [-0.2, -0.15) is 0 Å². The predicted molar refractivity (Wildman–Crippen MR) is 70.8 cm³/mol. The average molecular weight is 318 g/mol. The number of aliphatic carboxylic acids is 1. The number of carboxylic acid groups (broad SMARTS) is 1. The van der Waals surface area contributed by atoms with Crippen molar-refractivity contribution >= 4 is 23.5 Å². The summed E-state index contributed by atoms with van der Waals surface area (Å²) < 4.78 is 23.0. The molecule has 0 bridgehead atoms. The topological polar surface area (TPSA) is 84.9 Å². The van der Waals surface area contributed by atoms with Crippen molar-refractivity contribution in [3.63, 3.8) is 0 Å². The van der Waals surface area contributed by atoms with Gasteiger partial charge in [0.1, 0.15) is 17.5 Å². The standard InChI is InChI=1S/C13H13ClFNO5/c14-9-3-7(15)1-2-11(9)21-6-12(17)16-10-5-20-4-8(10)13(18)19/h1-3,8,10H,4-6H2,(H,16,17)(H,18,19). The summed E-state index contributed by atoms with van der Waals surface area (Å²) in [5.74, 6) is -2.64. The van der Waals surface area contributed by atoms with E-state index in [0.29, 0.717) is 0 Å². The van der Waals surface area contributed by atoms with Crippen molar-refractivity contribution in [2.45, 2.75) is 6.04 Å². The van der Waals surface area contributed by atoms with Gasteiger partial charge in [-0.25, -0.2) is 4.39 Å². The number of halogens is 2. The minimum atomic E-state index is -1.03.